The molecule has 1 fully saturated rings. The van der Waals surface area contributed by atoms with Crippen LogP contribution in [0.4, 0.5) is 13.6 Å². The van der Waals surface area contributed by atoms with E-state index in [0.29, 0.717) is 43.7 Å². The van der Waals surface area contributed by atoms with E-state index in [0.717, 1.165) is 18.2 Å². The fraction of sp³-hybridized carbons (Fsp3) is 0.385. The number of hydrogen-bond acceptors (Lipinski definition) is 5. The van der Waals surface area contributed by atoms with E-state index in [1.165, 1.54) is 11.0 Å². The highest BCUT2D eigenvalue weighted by Gasteiger charge is 2.32. The molecule has 0 aromatic heterocycles. The maximum absolute atomic E-state index is 14.5. The summed E-state index contributed by atoms with van der Waals surface area (Å²) in [6, 6.07) is 8.98. The van der Waals surface area contributed by atoms with Gasteiger partial charge in [-0.2, -0.15) is 0 Å². The number of carbonyl (C=O) groups is 2. The van der Waals surface area contributed by atoms with Gasteiger partial charge in [0.05, 0.1) is 12.6 Å². The molecule has 1 saturated heterocycles. The van der Waals surface area contributed by atoms with Gasteiger partial charge in [-0.15, -0.1) is 0 Å². The summed E-state index contributed by atoms with van der Waals surface area (Å²) in [5.41, 5.74) is 1.23. The smallest absolute Gasteiger partial charge is 0.407 e. The van der Waals surface area contributed by atoms with Gasteiger partial charge in [-0.25, -0.2) is 13.6 Å². The lowest BCUT2D eigenvalue weighted by Gasteiger charge is -2.38. The van der Waals surface area contributed by atoms with E-state index in [2.05, 4.69) is 10.2 Å². The van der Waals surface area contributed by atoms with Crippen molar-refractivity contribution in [2.24, 2.45) is 0 Å². The van der Waals surface area contributed by atoms with Crippen LogP contribution >= 0.6 is 0 Å². The van der Waals surface area contributed by atoms with Crippen LogP contribution in [0.5, 0.6) is 5.75 Å². The molecule has 0 spiro atoms. The number of nitrogens with one attached hydrogen (secondary N) is 1. The fourth-order valence-electron chi connectivity index (χ4n) is 4.84. The van der Waals surface area contributed by atoms with Gasteiger partial charge in [0.2, 0.25) is 5.91 Å². The second kappa shape index (κ2) is 11.0. The maximum atomic E-state index is 14.5. The van der Waals surface area contributed by atoms with Crippen molar-refractivity contribution >= 4 is 17.6 Å². The first kappa shape index (κ1) is 25.6. The molecule has 2 amide bonds. The lowest BCUT2D eigenvalue weighted by atomic mass is 10.0. The molecule has 2 atom stereocenters. The molecule has 192 valence electrons. The van der Waals surface area contributed by atoms with Gasteiger partial charge >= 0.3 is 6.09 Å². The van der Waals surface area contributed by atoms with Gasteiger partial charge in [-0.05, 0) is 61.5 Å². The number of phenolic OH excluding ortho intramolecular Hbond substituents is 1. The summed E-state index contributed by atoms with van der Waals surface area (Å²) in [5.74, 6) is -1.36. The molecule has 2 unspecified atom stereocenters. The Bertz CT molecular complexity index is 1160. The van der Waals surface area contributed by atoms with Gasteiger partial charge in [0.15, 0.2) is 0 Å². The van der Waals surface area contributed by atoms with Gasteiger partial charge < -0.3 is 30.2 Å². The van der Waals surface area contributed by atoms with Crippen LogP contribution < -0.4 is 5.32 Å². The Kier molecular flexibility index (Phi) is 7.85. The molecule has 2 aliphatic heterocycles. The lowest BCUT2D eigenvalue weighted by Crippen LogP contribution is -2.54. The van der Waals surface area contributed by atoms with Crippen molar-refractivity contribution in [1.29, 1.82) is 0 Å². The number of hydrogen-bond donors (Lipinski definition) is 3. The summed E-state index contributed by atoms with van der Waals surface area (Å²) in [7, 11) is 1.95. The summed E-state index contributed by atoms with van der Waals surface area (Å²) in [6.45, 7) is 2.28. The number of likely N-dealkylation sites (N-methyl/N-ethyl adjacent to an activating group) is 1. The monoisotopic (exact) mass is 500 g/mol. The van der Waals surface area contributed by atoms with Gasteiger partial charge in [-0.1, -0.05) is 18.2 Å². The van der Waals surface area contributed by atoms with Crippen LogP contribution in [0.3, 0.4) is 0 Å². The molecule has 2 aliphatic rings. The highest BCUT2D eigenvalue weighted by molar-refractivity contribution is 5.84. The normalized spacial score (nSPS) is 20.5. The maximum Gasteiger partial charge on any atom is 0.407 e. The van der Waals surface area contributed by atoms with Crippen molar-refractivity contribution in [2.45, 2.75) is 18.5 Å². The molecular weight excluding hydrogens is 470 g/mol. The number of nitrogens with zero attached hydrogens (tertiary/aromatic N) is 3. The van der Waals surface area contributed by atoms with Crippen LogP contribution in [0.15, 0.2) is 48.5 Å². The number of piperazine rings is 1. The minimum atomic E-state index is -0.946. The van der Waals surface area contributed by atoms with Crippen molar-refractivity contribution in [3.8, 4) is 5.75 Å². The largest absolute Gasteiger partial charge is 0.508 e. The minimum Gasteiger partial charge on any atom is -0.508 e. The quantitative estimate of drug-likeness (QED) is 0.506. The molecule has 8 nitrogen and oxygen atoms in total. The molecule has 0 bridgehead atoms. The summed E-state index contributed by atoms with van der Waals surface area (Å²) >= 11 is 0. The van der Waals surface area contributed by atoms with Crippen molar-refractivity contribution in [3.63, 3.8) is 0 Å². The number of carboxylic acid groups (broad SMARTS) is 1. The van der Waals surface area contributed by atoms with Crippen LogP contribution in [-0.2, 0) is 4.79 Å². The first-order valence-electron chi connectivity index (χ1n) is 11.9. The minimum absolute atomic E-state index is 0.00228. The number of carbonyl (C=O) groups excluding carboxylic acids is 1. The predicted octanol–water partition coefficient (Wildman–Crippen LogP) is 2.91. The van der Waals surface area contributed by atoms with Gasteiger partial charge in [0.25, 0.3) is 0 Å². The molecule has 3 N–H and O–H groups in total. The zero-order valence-corrected chi connectivity index (χ0v) is 20.0. The Morgan fingerprint density at radius 3 is 2.67 bits per heavy atom. The average molecular weight is 501 g/mol. The van der Waals surface area contributed by atoms with E-state index in [-0.39, 0.29) is 36.4 Å². The van der Waals surface area contributed by atoms with Crippen LogP contribution in [-0.4, -0.2) is 89.3 Å². The first-order valence-corrected chi connectivity index (χ1v) is 11.9. The molecule has 2 aromatic rings. The Labute approximate surface area is 208 Å². The van der Waals surface area contributed by atoms with E-state index in [1.54, 1.807) is 29.2 Å². The third kappa shape index (κ3) is 5.83. The number of halogens is 2. The van der Waals surface area contributed by atoms with E-state index >= 15 is 0 Å². The van der Waals surface area contributed by atoms with Crippen LogP contribution in [0.2, 0.25) is 0 Å². The number of benzene rings is 2. The fourth-order valence-corrected chi connectivity index (χ4v) is 4.84. The highest BCUT2D eigenvalue weighted by atomic mass is 19.1. The first-order chi connectivity index (χ1) is 17.2. The second-order valence-corrected chi connectivity index (χ2v) is 9.24. The second-order valence-electron chi connectivity index (χ2n) is 9.24. The molecule has 2 heterocycles. The molecule has 4 rings (SSSR count). The van der Waals surface area contributed by atoms with Crippen LogP contribution in [0, 0.1) is 11.6 Å². The summed E-state index contributed by atoms with van der Waals surface area (Å²) < 4.78 is 28.3. The number of aromatic hydroxyl groups is 1. The highest BCUT2D eigenvalue weighted by Crippen LogP contribution is 2.36. The lowest BCUT2D eigenvalue weighted by molar-refractivity contribution is -0.130. The van der Waals surface area contributed by atoms with Crippen molar-refractivity contribution in [2.75, 3.05) is 46.3 Å². The summed E-state index contributed by atoms with van der Waals surface area (Å²) in [6.07, 6.45) is 1.32. The topological polar surface area (TPSA) is 96.3 Å². The van der Waals surface area contributed by atoms with Crippen molar-refractivity contribution < 1.29 is 28.6 Å². The van der Waals surface area contributed by atoms with Crippen molar-refractivity contribution in [1.82, 2.24) is 20.0 Å². The molecular formula is C26H30F2N4O4. The standard InChI is InChI=1S/C26H30F2N4O4/c1-30-9-10-31(26(35)36)20(16-30)7-8-29-14-25(34)32-15-18(22-13-19(27)5-6-23(22)28)12-24(32)17-3-2-4-21(33)11-17/h2-6,11-13,20,24,29,33H,7-10,14-16H2,1H3,(H,35,36). The predicted molar refractivity (Wildman–Crippen MR) is 130 cm³/mol. The van der Waals surface area contributed by atoms with Gasteiger partial charge in [0, 0.05) is 37.8 Å². The molecule has 0 radical (unpaired) electrons. The molecule has 2 aromatic carbocycles. The molecule has 10 heteroatoms. The Hall–Kier alpha value is -3.50. The summed E-state index contributed by atoms with van der Waals surface area (Å²) in [5, 5.41) is 22.5. The van der Waals surface area contributed by atoms with E-state index in [9.17, 15) is 28.6 Å². The molecule has 0 aliphatic carbocycles. The van der Waals surface area contributed by atoms with Crippen LogP contribution in [0.25, 0.3) is 5.57 Å². The number of rotatable bonds is 7. The summed E-state index contributed by atoms with van der Waals surface area (Å²) in [4.78, 5) is 29.8. The Morgan fingerprint density at radius 2 is 1.92 bits per heavy atom. The molecule has 36 heavy (non-hydrogen) atoms. The van der Waals surface area contributed by atoms with E-state index in [1.807, 2.05) is 7.05 Å². The van der Waals surface area contributed by atoms with Gasteiger partial charge in [-0.3, -0.25) is 4.79 Å². The SMILES string of the molecule is CN1CCN(C(=O)O)C(CCNCC(=O)N2CC(c3cc(F)ccc3F)=CC2c2cccc(O)c2)C1. The van der Waals surface area contributed by atoms with E-state index < -0.39 is 23.8 Å². The third-order valence-corrected chi connectivity index (χ3v) is 6.70. The zero-order valence-electron chi connectivity index (χ0n) is 20.0. The Morgan fingerprint density at radius 1 is 1.11 bits per heavy atom. The van der Waals surface area contributed by atoms with Gasteiger partial charge in [0.1, 0.15) is 17.4 Å². The third-order valence-electron chi connectivity index (χ3n) is 6.70. The van der Waals surface area contributed by atoms with E-state index in [4.69, 9.17) is 0 Å². The number of phenols is 1. The Balaban J connectivity index is 1.44. The zero-order chi connectivity index (χ0) is 25.8. The number of amides is 2. The van der Waals surface area contributed by atoms with Crippen LogP contribution in [0.1, 0.15) is 23.6 Å². The molecule has 0 saturated carbocycles. The van der Waals surface area contributed by atoms with Crippen molar-refractivity contribution in [3.05, 3.63) is 71.3 Å². The average Bonchev–Trinajstić information content (AvgIpc) is 3.28.